The van der Waals surface area contributed by atoms with Crippen LogP contribution in [0.5, 0.6) is 5.75 Å². The Morgan fingerprint density at radius 3 is 2.52 bits per heavy atom. The van der Waals surface area contributed by atoms with E-state index >= 15 is 0 Å². The molecule has 8 nitrogen and oxygen atoms in total. The molecule has 0 aliphatic carbocycles. The van der Waals surface area contributed by atoms with Crippen LogP contribution >= 0.6 is 0 Å². The van der Waals surface area contributed by atoms with Crippen LogP contribution < -0.4 is 4.74 Å². The SMILES string of the molecule is COc1ccccc1[C@@H]1c2[nH]c3ccccc3c2C[C@H]2C(=O)N(CC(OC)OC)CC(=O)N12. The van der Waals surface area contributed by atoms with Crippen molar-refractivity contribution in [3.8, 4) is 5.75 Å². The molecule has 2 aromatic carbocycles. The third-order valence-electron chi connectivity index (χ3n) is 6.67. The molecule has 0 bridgehead atoms. The molecule has 0 saturated carbocycles. The molecular weight excluding hydrogens is 422 g/mol. The number of ether oxygens (including phenoxy) is 3. The highest BCUT2D eigenvalue weighted by Gasteiger charge is 2.49. The van der Waals surface area contributed by atoms with Crippen LogP contribution in [0.25, 0.3) is 10.9 Å². The Kier molecular flexibility index (Phi) is 5.55. The first kappa shape index (κ1) is 21.5. The Labute approximate surface area is 192 Å². The van der Waals surface area contributed by atoms with Crippen LogP contribution in [-0.2, 0) is 25.5 Å². The van der Waals surface area contributed by atoms with Crippen molar-refractivity contribution < 1.29 is 23.8 Å². The van der Waals surface area contributed by atoms with Crippen molar-refractivity contribution in [1.29, 1.82) is 0 Å². The van der Waals surface area contributed by atoms with E-state index in [1.54, 1.807) is 16.9 Å². The maximum atomic E-state index is 13.7. The number of nitrogens with zero attached hydrogens (tertiary/aromatic N) is 2. The Morgan fingerprint density at radius 1 is 1.03 bits per heavy atom. The Bertz CT molecular complexity index is 1200. The van der Waals surface area contributed by atoms with Crippen molar-refractivity contribution in [3.05, 3.63) is 65.4 Å². The first-order chi connectivity index (χ1) is 16.1. The van der Waals surface area contributed by atoms with Crippen LogP contribution in [0.3, 0.4) is 0 Å². The van der Waals surface area contributed by atoms with Gasteiger partial charge in [-0.15, -0.1) is 0 Å². The minimum absolute atomic E-state index is 0.0280. The molecule has 8 heteroatoms. The average Bonchev–Trinajstić information content (AvgIpc) is 3.22. The number of amides is 2. The van der Waals surface area contributed by atoms with Crippen LogP contribution in [0, 0.1) is 0 Å². The number of aromatic amines is 1. The number of methoxy groups -OCH3 is 3. The number of para-hydroxylation sites is 2. The minimum Gasteiger partial charge on any atom is -0.496 e. The van der Waals surface area contributed by atoms with Crippen molar-refractivity contribution in [2.75, 3.05) is 34.4 Å². The molecule has 2 aliphatic rings. The molecule has 1 fully saturated rings. The Morgan fingerprint density at radius 2 is 1.76 bits per heavy atom. The van der Waals surface area contributed by atoms with Crippen LogP contribution in [0.15, 0.2) is 48.5 Å². The van der Waals surface area contributed by atoms with Crippen LogP contribution in [-0.4, -0.2) is 73.3 Å². The van der Waals surface area contributed by atoms with E-state index in [1.807, 2.05) is 42.5 Å². The van der Waals surface area contributed by atoms with E-state index in [0.717, 1.165) is 27.7 Å². The zero-order chi connectivity index (χ0) is 23.1. The number of hydrogen-bond donors (Lipinski definition) is 1. The second-order valence-electron chi connectivity index (χ2n) is 8.35. The number of benzene rings is 2. The Hall–Kier alpha value is -3.36. The lowest BCUT2D eigenvalue weighted by Gasteiger charge is -2.47. The summed E-state index contributed by atoms with van der Waals surface area (Å²) in [6.07, 6.45) is -0.151. The molecule has 2 amide bonds. The second kappa shape index (κ2) is 8.53. The van der Waals surface area contributed by atoms with E-state index in [2.05, 4.69) is 11.1 Å². The highest BCUT2D eigenvalue weighted by molar-refractivity contribution is 5.97. The molecule has 2 atom stereocenters. The standard InChI is InChI=1S/C25H27N3O5/c1-31-20-11-7-5-9-16(20)24-23-17(15-8-4-6-10-18(15)26-23)12-19-25(30)27(13-21(29)28(19)24)14-22(32-2)33-3/h4-11,19,22,24,26H,12-14H2,1-3H3/t19-,24+/m0/s1. The van der Waals surface area contributed by atoms with Gasteiger partial charge in [0.2, 0.25) is 11.8 Å². The molecule has 5 rings (SSSR count). The second-order valence-corrected chi connectivity index (χ2v) is 8.35. The molecule has 1 N–H and O–H groups in total. The van der Waals surface area contributed by atoms with E-state index in [0.29, 0.717) is 12.2 Å². The van der Waals surface area contributed by atoms with Gasteiger partial charge in [0, 0.05) is 42.8 Å². The highest BCUT2D eigenvalue weighted by atomic mass is 16.7. The summed E-state index contributed by atoms with van der Waals surface area (Å²) in [7, 11) is 4.66. The zero-order valence-electron chi connectivity index (χ0n) is 18.9. The van der Waals surface area contributed by atoms with Gasteiger partial charge in [-0.1, -0.05) is 36.4 Å². The molecule has 0 spiro atoms. The molecule has 2 aliphatic heterocycles. The fraction of sp³-hybridized carbons (Fsp3) is 0.360. The number of carbonyl (C=O) groups is 2. The molecule has 0 unspecified atom stereocenters. The number of fused-ring (bicyclic) bond motifs is 4. The largest absolute Gasteiger partial charge is 0.496 e. The van der Waals surface area contributed by atoms with Gasteiger partial charge in [0.15, 0.2) is 6.29 Å². The third kappa shape index (κ3) is 3.46. The van der Waals surface area contributed by atoms with Gasteiger partial charge in [-0.05, 0) is 17.7 Å². The van der Waals surface area contributed by atoms with Crippen molar-refractivity contribution >= 4 is 22.7 Å². The van der Waals surface area contributed by atoms with Gasteiger partial charge in [0.05, 0.1) is 13.7 Å². The first-order valence-electron chi connectivity index (χ1n) is 10.9. The average molecular weight is 450 g/mol. The smallest absolute Gasteiger partial charge is 0.246 e. The summed E-state index contributed by atoms with van der Waals surface area (Å²) in [5.41, 5.74) is 3.82. The molecule has 3 heterocycles. The summed E-state index contributed by atoms with van der Waals surface area (Å²) >= 11 is 0. The molecule has 172 valence electrons. The lowest BCUT2D eigenvalue weighted by molar-refractivity contribution is -0.167. The number of carbonyl (C=O) groups excluding carboxylic acids is 2. The number of piperazine rings is 1. The molecule has 1 saturated heterocycles. The van der Waals surface area contributed by atoms with Crippen LogP contribution in [0.4, 0.5) is 0 Å². The highest BCUT2D eigenvalue weighted by Crippen LogP contribution is 2.44. The number of H-pyrrole nitrogens is 1. The van der Waals surface area contributed by atoms with Gasteiger partial charge in [0.1, 0.15) is 24.4 Å². The van der Waals surface area contributed by atoms with E-state index in [4.69, 9.17) is 14.2 Å². The number of hydrogen-bond acceptors (Lipinski definition) is 5. The lowest BCUT2D eigenvalue weighted by Crippen LogP contribution is -2.64. The molecule has 33 heavy (non-hydrogen) atoms. The fourth-order valence-electron chi connectivity index (χ4n) is 5.12. The molecular formula is C25H27N3O5. The molecule has 1 aromatic heterocycles. The Balaban J connectivity index is 1.65. The van der Waals surface area contributed by atoms with Gasteiger partial charge in [-0.25, -0.2) is 0 Å². The summed E-state index contributed by atoms with van der Waals surface area (Å²) in [5.74, 6) is 0.449. The summed E-state index contributed by atoms with van der Waals surface area (Å²) in [4.78, 5) is 34.0. The predicted molar refractivity (Wildman–Crippen MR) is 122 cm³/mol. The summed E-state index contributed by atoms with van der Waals surface area (Å²) in [5, 5.41) is 1.07. The minimum atomic E-state index is -0.623. The zero-order valence-corrected chi connectivity index (χ0v) is 18.9. The maximum absolute atomic E-state index is 13.7. The lowest BCUT2D eigenvalue weighted by atomic mass is 9.86. The van der Waals surface area contributed by atoms with E-state index in [-0.39, 0.29) is 24.9 Å². The monoisotopic (exact) mass is 449 g/mol. The summed E-state index contributed by atoms with van der Waals surface area (Å²) in [6, 6.07) is 14.6. The van der Waals surface area contributed by atoms with E-state index in [1.165, 1.54) is 14.2 Å². The first-order valence-corrected chi connectivity index (χ1v) is 10.9. The summed E-state index contributed by atoms with van der Waals surface area (Å²) < 4.78 is 16.2. The number of rotatable bonds is 6. The molecule has 3 aromatic rings. The van der Waals surface area contributed by atoms with Gasteiger partial charge < -0.3 is 29.0 Å². The van der Waals surface area contributed by atoms with E-state index in [9.17, 15) is 9.59 Å². The van der Waals surface area contributed by atoms with Crippen molar-refractivity contribution in [3.63, 3.8) is 0 Å². The van der Waals surface area contributed by atoms with Crippen molar-refractivity contribution in [1.82, 2.24) is 14.8 Å². The molecule has 0 radical (unpaired) electrons. The number of nitrogens with one attached hydrogen (secondary N) is 1. The van der Waals surface area contributed by atoms with Crippen molar-refractivity contribution in [2.24, 2.45) is 0 Å². The topological polar surface area (TPSA) is 84.1 Å². The normalized spacial score (nSPS) is 20.4. The number of aromatic nitrogens is 1. The maximum Gasteiger partial charge on any atom is 0.246 e. The van der Waals surface area contributed by atoms with E-state index < -0.39 is 18.4 Å². The van der Waals surface area contributed by atoms with Crippen LogP contribution in [0.2, 0.25) is 0 Å². The van der Waals surface area contributed by atoms with Gasteiger partial charge in [-0.2, -0.15) is 0 Å². The third-order valence-corrected chi connectivity index (χ3v) is 6.67. The predicted octanol–water partition coefficient (Wildman–Crippen LogP) is 2.48. The van der Waals surface area contributed by atoms with Crippen LogP contribution in [0.1, 0.15) is 22.9 Å². The van der Waals surface area contributed by atoms with Crippen molar-refractivity contribution in [2.45, 2.75) is 24.8 Å². The van der Waals surface area contributed by atoms with Gasteiger partial charge >= 0.3 is 0 Å². The van der Waals surface area contributed by atoms with Gasteiger partial charge in [-0.3, -0.25) is 9.59 Å². The van der Waals surface area contributed by atoms with Gasteiger partial charge in [0.25, 0.3) is 0 Å². The summed E-state index contributed by atoms with van der Waals surface area (Å²) in [6.45, 7) is 0.168. The fourth-order valence-corrected chi connectivity index (χ4v) is 5.12. The quantitative estimate of drug-likeness (QED) is 0.585.